The molecule has 0 unspecified atom stereocenters. The zero-order chi connectivity index (χ0) is 22.5. The van der Waals surface area contributed by atoms with E-state index in [9.17, 15) is 4.79 Å². The Morgan fingerprint density at radius 1 is 1.22 bits per heavy atom. The van der Waals surface area contributed by atoms with Crippen LogP contribution in [0.1, 0.15) is 28.7 Å². The van der Waals surface area contributed by atoms with E-state index in [-0.39, 0.29) is 18.5 Å². The summed E-state index contributed by atoms with van der Waals surface area (Å²) in [5.74, 6) is 0.736. The van der Waals surface area contributed by atoms with E-state index in [4.69, 9.17) is 21.1 Å². The van der Waals surface area contributed by atoms with Gasteiger partial charge in [-0.25, -0.2) is 14.8 Å². The van der Waals surface area contributed by atoms with Crippen molar-refractivity contribution >= 4 is 44.9 Å². The number of alkyl halides is 1. The normalized spacial score (nSPS) is 10.8. The van der Waals surface area contributed by atoms with Crippen molar-refractivity contribution in [3.05, 3.63) is 65.7 Å². The minimum Gasteiger partial charge on any atom is -0.478 e. The highest BCUT2D eigenvalue weighted by Crippen LogP contribution is 2.40. The first kappa shape index (κ1) is 22.0. The molecule has 0 bridgehead atoms. The van der Waals surface area contributed by atoms with Gasteiger partial charge in [-0.15, -0.1) is 11.3 Å². The fourth-order valence-electron chi connectivity index (χ4n) is 3.32. The van der Waals surface area contributed by atoms with E-state index in [2.05, 4.69) is 20.3 Å². The van der Waals surface area contributed by atoms with Crippen molar-refractivity contribution in [3.8, 4) is 16.2 Å². The summed E-state index contributed by atoms with van der Waals surface area (Å²) in [5, 5.41) is 4.23. The minimum absolute atomic E-state index is 0.0278. The second kappa shape index (κ2) is 9.93. The van der Waals surface area contributed by atoms with Gasteiger partial charge < -0.3 is 14.8 Å². The molecule has 0 fully saturated rings. The molecule has 0 aliphatic rings. The molecule has 3 aromatic heterocycles. The third-order valence-electron chi connectivity index (χ3n) is 4.75. The number of pyridine rings is 1. The highest BCUT2D eigenvalue weighted by atomic mass is 35.5. The predicted octanol–water partition coefficient (Wildman–Crippen LogP) is 5.43. The number of benzene rings is 1. The molecule has 4 rings (SSSR count). The van der Waals surface area contributed by atoms with E-state index in [0.717, 1.165) is 27.0 Å². The smallest absolute Gasteiger partial charge is 0.376 e. The van der Waals surface area contributed by atoms with E-state index >= 15 is 0 Å². The molecule has 1 N–H and O–H groups in total. The molecule has 0 atom stereocenters. The monoisotopic (exact) mass is 468 g/mol. The molecule has 0 amide bonds. The van der Waals surface area contributed by atoms with Gasteiger partial charge >= 0.3 is 5.97 Å². The zero-order valence-electron chi connectivity index (χ0n) is 17.6. The summed E-state index contributed by atoms with van der Waals surface area (Å²) in [6.45, 7) is 4.50. The van der Waals surface area contributed by atoms with E-state index in [1.165, 1.54) is 11.3 Å². The molecule has 0 saturated carbocycles. The molecule has 0 saturated heterocycles. The van der Waals surface area contributed by atoms with Gasteiger partial charge in [0.15, 0.2) is 6.07 Å². The Morgan fingerprint density at radius 2 is 2.09 bits per heavy atom. The number of ether oxygens (including phenoxy) is 2. The lowest BCUT2D eigenvalue weighted by molar-refractivity contribution is 0.0512. The Hall–Kier alpha value is -3.23. The molecule has 9 heteroatoms. The average molecular weight is 469 g/mol. The number of aryl methyl sites for hydroxylation is 1. The van der Waals surface area contributed by atoms with Crippen LogP contribution in [-0.2, 0) is 11.3 Å². The summed E-state index contributed by atoms with van der Waals surface area (Å²) < 4.78 is 10.5. The van der Waals surface area contributed by atoms with Crippen LogP contribution < -0.4 is 10.1 Å². The lowest BCUT2D eigenvalue weighted by atomic mass is 10.1. The number of esters is 1. The molecule has 3 heterocycles. The summed E-state index contributed by atoms with van der Waals surface area (Å²) >= 11 is 7.17. The van der Waals surface area contributed by atoms with Gasteiger partial charge in [0, 0.05) is 29.4 Å². The van der Waals surface area contributed by atoms with Crippen molar-refractivity contribution in [2.45, 2.75) is 20.4 Å². The second-order valence-corrected chi connectivity index (χ2v) is 8.07. The predicted molar refractivity (Wildman–Crippen MR) is 126 cm³/mol. The summed E-state index contributed by atoms with van der Waals surface area (Å²) in [6.07, 6.45) is 3.55. The van der Waals surface area contributed by atoms with Gasteiger partial charge in [-0.2, -0.15) is 0 Å². The van der Waals surface area contributed by atoms with Gasteiger partial charge in [0.1, 0.15) is 16.4 Å². The lowest BCUT2D eigenvalue weighted by Gasteiger charge is -2.11. The number of fused-ring (bicyclic) bond motifs is 1. The van der Waals surface area contributed by atoms with Crippen molar-refractivity contribution in [1.82, 2.24) is 15.0 Å². The number of nitrogens with zero attached hydrogens (tertiary/aromatic N) is 3. The van der Waals surface area contributed by atoms with Crippen LogP contribution >= 0.6 is 22.9 Å². The maximum atomic E-state index is 12.4. The van der Waals surface area contributed by atoms with E-state index in [1.807, 2.05) is 49.5 Å². The minimum atomic E-state index is -0.552. The van der Waals surface area contributed by atoms with Crippen LogP contribution in [0.3, 0.4) is 0 Å². The van der Waals surface area contributed by atoms with Crippen molar-refractivity contribution in [3.63, 3.8) is 0 Å². The maximum absolute atomic E-state index is 12.4. The Bertz CT molecular complexity index is 1250. The van der Waals surface area contributed by atoms with Crippen LogP contribution in [0.15, 0.2) is 48.8 Å². The first-order valence-electron chi connectivity index (χ1n) is 10.0. The van der Waals surface area contributed by atoms with Crippen molar-refractivity contribution in [2.75, 3.05) is 18.0 Å². The molecule has 0 aliphatic heterocycles. The van der Waals surface area contributed by atoms with Crippen LogP contribution in [0.5, 0.6) is 5.75 Å². The van der Waals surface area contributed by atoms with E-state index < -0.39 is 5.97 Å². The average Bonchev–Trinajstić information content (AvgIpc) is 3.15. The SMILES string of the molecule is CCOC(=O)c1nc(NCc2cccc(OCCl)c2)c2c(C)c(-c3cccnc3)sc2n1. The molecule has 0 aliphatic carbocycles. The van der Waals surface area contributed by atoms with Gasteiger partial charge in [-0.1, -0.05) is 29.8 Å². The number of nitrogens with one attached hydrogen (secondary N) is 1. The molecular weight excluding hydrogens is 448 g/mol. The number of rotatable bonds is 8. The number of hydrogen-bond donors (Lipinski definition) is 1. The molecule has 1 aromatic carbocycles. The zero-order valence-corrected chi connectivity index (χ0v) is 19.2. The molecule has 0 radical (unpaired) electrons. The largest absolute Gasteiger partial charge is 0.478 e. The Labute approximate surface area is 194 Å². The molecule has 0 spiro atoms. The number of hydrogen-bond acceptors (Lipinski definition) is 8. The maximum Gasteiger partial charge on any atom is 0.376 e. The summed E-state index contributed by atoms with van der Waals surface area (Å²) in [6, 6.07) is 11.6. The van der Waals surface area contributed by atoms with Gasteiger partial charge in [-0.05, 0) is 43.2 Å². The summed E-state index contributed by atoms with van der Waals surface area (Å²) in [7, 11) is 0. The van der Waals surface area contributed by atoms with E-state index in [1.54, 1.807) is 13.1 Å². The third kappa shape index (κ3) is 4.66. The van der Waals surface area contributed by atoms with Crippen LogP contribution in [0, 0.1) is 6.92 Å². The van der Waals surface area contributed by atoms with Crippen molar-refractivity contribution < 1.29 is 14.3 Å². The standard InChI is InChI=1S/C23H21ClN4O3S/c1-3-30-23(29)21-27-20(26-11-15-6-4-8-17(10-15)31-13-24)18-14(2)19(32-22(18)28-21)16-7-5-9-25-12-16/h4-10,12H,3,11,13H2,1-2H3,(H,26,27,28). The topological polar surface area (TPSA) is 86.2 Å². The summed E-state index contributed by atoms with van der Waals surface area (Å²) in [5.41, 5.74) is 3.00. The first-order chi connectivity index (χ1) is 15.6. The molecule has 164 valence electrons. The Morgan fingerprint density at radius 3 is 2.84 bits per heavy atom. The number of halogens is 1. The molecule has 4 aromatic rings. The highest BCUT2D eigenvalue weighted by molar-refractivity contribution is 7.22. The van der Waals surface area contributed by atoms with Crippen molar-refractivity contribution in [2.24, 2.45) is 0 Å². The fraction of sp³-hybridized carbons (Fsp3) is 0.217. The van der Waals surface area contributed by atoms with Gasteiger partial charge in [0.2, 0.25) is 5.82 Å². The fourth-order valence-corrected chi connectivity index (χ4v) is 4.62. The Balaban J connectivity index is 1.75. The van der Waals surface area contributed by atoms with E-state index in [0.29, 0.717) is 22.9 Å². The van der Waals surface area contributed by atoms with Crippen LogP contribution in [0.25, 0.3) is 20.7 Å². The third-order valence-corrected chi connectivity index (χ3v) is 6.10. The second-order valence-electron chi connectivity index (χ2n) is 6.85. The molecule has 7 nitrogen and oxygen atoms in total. The van der Waals surface area contributed by atoms with Crippen LogP contribution in [0.2, 0.25) is 0 Å². The van der Waals surface area contributed by atoms with Gasteiger partial charge in [0.25, 0.3) is 0 Å². The number of anilines is 1. The van der Waals surface area contributed by atoms with Crippen molar-refractivity contribution in [1.29, 1.82) is 0 Å². The molecular formula is C23H21ClN4O3S. The van der Waals surface area contributed by atoms with Crippen LogP contribution in [0.4, 0.5) is 5.82 Å². The lowest BCUT2D eigenvalue weighted by Crippen LogP contribution is -2.12. The molecule has 32 heavy (non-hydrogen) atoms. The number of carbonyl (C=O) groups is 1. The highest BCUT2D eigenvalue weighted by Gasteiger charge is 2.21. The van der Waals surface area contributed by atoms with Crippen LogP contribution in [-0.4, -0.2) is 33.6 Å². The summed E-state index contributed by atoms with van der Waals surface area (Å²) in [4.78, 5) is 27.3. The first-order valence-corrected chi connectivity index (χ1v) is 11.4. The van der Waals surface area contributed by atoms with Gasteiger partial charge in [-0.3, -0.25) is 4.98 Å². The quantitative estimate of drug-likeness (QED) is 0.272. The number of carbonyl (C=O) groups excluding carboxylic acids is 1. The number of aromatic nitrogens is 3. The Kier molecular flexibility index (Phi) is 6.82. The van der Waals surface area contributed by atoms with Gasteiger partial charge in [0.05, 0.1) is 12.0 Å². The number of thiophene rings is 1.